The Balaban J connectivity index is 1.55. The lowest BCUT2D eigenvalue weighted by molar-refractivity contribution is -0.140. The second-order valence-corrected chi connectivity index (χ2v) is 14.2. The van der Waals surface area contributed by atoms with Gasteiger partial charge in [0.2, 0.25) is 11.8 Å². The Morgan fingerprint density at radius 3 is 2.09 bits per heavy atom. The average molecular weight is 658 g/mol. The van der Waals surface area contributed by atoms with E-state index in [0.717, 1.165) is 53.1 Å². The van der Waals surface area contributed by atoms with E-state index in [2.05, 4.69) is 5.32 Å². The highest BCUT2D eigenvalue weighted by molar-refractivity contribution is 7.92. The van der Waals surface area contributed by atoms with E-state index in [1.807, 2.05) is 73.7 Å². The molecule has 0 unspecified atom stereocenters. The number of amides is 2. The maximum Gasteiger partial charge on any atom is 0.264 e. The summed E-state index contributed by atoms with van der Waals surface area (Å²) in [5.74, 6) is -0.717. The Kier molecular flexibility index (Phi) is 11.1. The Bertz CT molecular complexity index is 1710. The summed E-state index contributed by atoms with van der Waals surface area (Å²) in [5, 5.41) is 3.64. The first-order chi connectivity index (χ1) is 22.2. The van der Waals surface area contributed by atoms with Gasteiger partial charge in [-0.1, -0.05) is 104 Å². The minimum Gasteiger partial charge on any atom is -0.352 e. The summed E-state index contributed by atoms with van der Waals surface area (Å²) in [7, 11) is -4.19. The minimum absolute atomic E-state index is 0.0108. The molecule has 1 atom stereocenters. The van der Waals surface area contributed by atoms with Crippen LogP contribution in [0.4, 0.5) is 5.69 Å². The van der Waals surface area contributed by atoms with Crippen LogP contribution in [0, 0.1) is 6.92 Å². The highest BCUT2D eigenvalue weighted by Gasteiger charge is 2.35. The van der Waals surface area contributed by atoms with E-state index >= 15 is 0 Å². The van der Waals surface area contributed by atoms with Crippen LogP contribution < -0.4 is 9.62 Å². The lowest BCUT2D eigenvalue weighted by Crippen LogP contribution is -2.55. The summed E-state index contributed by atoms with van der Waals surface area (Å²) in [6.07, 6.45) is 5.33. The van der Waals surface area contributed by atoms with Crippen LogP contribution in [-0.4, -0.2) is 43.8 Å². The van der Waals surface area contributed by atoms with Crippen molar-refractivity contribution in [3.05, 3.63) is 131 Å². The molecule has 0 spiro atoms. The van der Waals surface area contributed by atoms with Gasteiger partial charge in [-0.05, 0) is 72.9 Å². The summed E-state index contributed by atoms with van der Waals surface area (Å²) >= 11 is 6.08. The van der Waals surface area contributed by atoms with Gasteiger partial charge in [-0.3, -0.25) is 13.9 Å². The smallest absolute Gasteiger partial charge is 0.264 e. The molecule has 1 aliphatic carbocycles. The minimum atomic E-state index is -4.19. The first kappa shape index (κ1) is 33.2. The van der Waals surface area contributed by atoms with Crippen molar-refractivity contribution in [3.63, 3.8) is 0 Å². The number of benzene rings is 4. The van der Waals surface area contributed by atoms with Crippen molar-refractivity contribution in [1.29, 1.82) is 0 Å². The molecule has 4 aromatic carbocycles. The van der Waals surface area contributed by atoms with Gasteiger partial charge >= 0.3 is 0 Å². The van der Waals surface area contributed by atoms with Crippen molar-refractivity contribution in [3.8, 4) is 0 Å². The predicted molar refractivity (Wildman–Crippen MR) is 183 cm³/mol. The van der Waals surface area contributed by atoms with Crippen LogP contribution in [0.25, 0.3) is 0 Å². The van der Waals surface area contributed by atoms with Crippen LogP contribution in [0.5, 0.6) is 0 Å². The Morgan fingerprint density at radius 2 is 1.46 bits per heavy atom. The van der Waals surface area contributed by atoms with Crippen molar-refractivity contribution in [2.45, 2.75) is 69.0 Å². The van der Waals surface area contributed by atoms with Crippen LogP contribution in [-0.2, 0) is 32.6 Å². The molecule has 240 valence electrons. The summed E-state index contributed by atoms with van der Waals surface area (Å²) in [4.78, 5) is 30.3. The quantitative estimate of drug-likeness (QED) is 0.179. The number of hydrogen-bond acceptors (Lipinski definition) is 4. The van der Waals surface area contributed by atoms with E-state index < -0.39 is 28.5 Å². The molecule has 0 aromatic heterocycles. The average Bonchev–Trinajstić information content (AvgIpc) is 3.06. The lowest BCUT2D eigenvalue weighted by Gasteiger charge is -2.35. The number of nitrogens with one attached hydrogen (secondary N) is 1. The Labute approximate surface area is 277 Å². The first-order valence-corrected chi connectivity index (χ1v) is 17.6. The van der Waals surface area contributed by atoms with Crippen LogP contribution in [0.1, 0.15) is 48.8 Å². The molecule has 2 amide bonds. The second-order valence-electron chi connectivity index (χ2n) is 11.9. The summed E-state index contributed by atoms with van der Waals surface area (Å²) in [6.45, 7) is 1.51. The van der Waals surface area contributed by atoms with Gasteiger partial charge in [0.15, 0.2) is 0 Å². The zero-order valence-electron chi connectivity index (χ0n) is 26.0. The third-order valence-corrected chi connectivity index (χ3v) is 10.4. The SMILES string of the molecule is Cc1cccc(N(CC(=O)N(Cc2ccccc2)[C@H](Cc2ccccc2)C(=O)NC2CCCCC2)S(=O)(=O)c2ccc(Cl)cc2)c1. The molecular formula is C37H40ClN3O4S. The molecule has 4 aromatic rings. The van der Waals surface area contributed by atoms with Crippen LogP contribution in [0.3, 0.4) is 0 Å². The fourth-order valence-electron chi connectivity index (χ4n) is 5.92. The Morgan fingerprint density at radius 1 is 0.826 bits per heavy atom. The third kappa shape index (κ3) is 8.56. The number of sulfonamides is 1. The molecule has 0 aliphatic heterocycles. The molecular weight excluding hydrogens is 618 g/mol. The molecule has 5 rings (SSSR count). The zero-order chi connectivity index (χ0) is 32.5. The predicted octanol–water partition coefficient (Wildman–Crippen LogP) is 6.93. The van der Waals surface area contributed by atoms with Crippen molar-refractivity contribution in [1.82, 2.24) is 10.2 Å². The maximum atomic E-state index is 14.6. The van der Waals surface area contributed by atoms with E-state index in [9.17, 15) is 18.0 Å². The highest BCUT2D eigenvalue weighted by Crippen LogP contribution is 2.27. The summed E-state index contributed by atoms with van der Waals surface area (Å²) < 4.78 is 29.5. The first-order valence-electron chi connectivity index (χ1n) is 15.7. The van der Waals surface area contributed by atoms with Crippen molar-refractivity contribution in [2.24, 2.45) is 0 Å². The molecule has 0 radical (unpaired) electrons. The summed E-state index contributed by atoms with van der Waals surface area (Å²) in [6, 6.07) is 31.2. The molecule has 1 N–H and O–H groups in total. The van der Waals surface area contributed by atoms with E-state index in [4.69, 9.17) is 11.6 Å². The van der Waals surface area contributed by atoms with Crippen molar-refractivity contribution >= 4 is 39.1 Å². The fraction of sp³-hybridized carbons (Fsp3) is 0.297. The fourth-order valence-corrected chi connectivity index (χ4v) is 7.46. The summed E-state index contributed by atoms with van der Waals surface area (Å²) in [5.41, 5.74) is 2.94. The van der Waals surface area contributed by atoms with E-state index in [1.165, 1.54) is 24.3 Å². The zero-order valence-corrected chi connectivity index (χ0v) is 27.6. The number of halogens is 1. The molecule has 1 saturated carbocycles. The monoisotopic (exact) mass is 657 g/mol. The van der Waals surface area contributed by atoms with Crippen LogP contribution >= 0.6 is 11.6 Å². The number of carbonyl (C=O) groups is 2. The number of aryl methyl sites for hydroxylation is 1. The number of anilines is 1. The van der Waals surface area contributed by atoms with Crippen molar-refractivity contribution in [2.75, 3.05) is 10.8 Å². The molecule has 1 aliphatic rings. The molecule has 7 nitrogen and oxygen atoms in total. The van der Waals surface area contributed by atoms with Crippen LogP contribution in [0.15, 0.2) is 114 Å². The second kappa shape index (κ2) is 15.4. The Hall–Kier alpha value is -4.14. The van der Waals surface area contributed by atoms with Gasteiger partial charge in [0.1, 0.15) is 12.6 Å². The molecule has 0 bridgehead atoms. The van der Waals surface area contributed by atoms with Gasteiger partial charge in [0, 0.05) is 24.0 Å². The van der Waals surface area contributed by atoms with Gasteiger partial charge in [-0.15, -0.1) is 0 Å². The van der Waals surface area contributed by atoms with Gasteiger partial charge in [-0.25, -0.2) is 8.42 Å². The molecule has 1 fully saturated rings. The van der Waals surface area contributed by atoms with E-state index in [-0.39, 0.29) is 29.8 Å². The molecule has 0 heterocycles. The van der Waals surface area contributed by atoms with Gasteiger partial charge in [0.05, 0.1) is 10.6 Å². The lowest BCUT2D eigenvalue weighted by atomic mass is 9.94. The topological polar surface area (TPSA) is 86.8 Å². The van der Waals surface area contributed by atoms with Crippen molar-refractivity contribution < 1.29 is 18.0 Å². The standard InChI is InChI=1S/C37H40ClN3O4S/c1-28-12-11-19-33(24-28)41(46(44,45)34-22-20-31(38)21-23-34)27-36(42)40(26-30-15-7-3-8-16-30)35(25-29-13-5-2-6-14-29)37(43)39-32-17-9-4-10-18-32/h2-3,5-8,11-16,19-24,32,35H,4,9-10,17-18,25-27H2,1H3,(H,39,43)/t35-/m1/s1. The van der Waals surface area contributed by atoms with E-state index in [0.29, 0.717) is 10.7 Å². The van der Waals surface area contributed by atoms with E-state index in [1.54, 1.807) is 23.1 Å². The van der Waals surface area contributed by atoms with Gasteiger partial charge in [-0.2, -0.15) is 0 Å². The number of rotatable bonds is 12. The number of hydrogen-bond donors (Lipinski definition) is 1. The van der Waals surface area contributed by atoms with Crippen LogP contribution in [0.2, 0.25) is 5.02 Å². The molecule has 9 heteroatoms. The third-order valence-electron chi connectivity index (χ3n) is 8.39. The van der Waals surface area contributed by atoms with Gasteiger partial charge < -0.3 is 10.2 Å². The normalized spacial score (nSPS) is 14.3. The van der Waals surface area contributed by atoms with Gasteiger partial charge in [0.25, 0.3) is 10.0 Å². The largest absolute Gasteiger partial charge is 0.352 e. The maximum absolute atomic E-state index is 14.6. The highest BCUT2D eigenvalue weighted by atomic mass is 35.5. The molecule has 46 heavy (non-hydrogen) atoms. The number of nitrogens with zero attached hydrogens (tertiary/aromatic N) is 2. The number of carbonyl (C=O) groups excluding carboxylic acids is 2. The molecule has 0 saturated heterocycles.